The van der Waals surface area contributed by atoms with Crippen LogP contribution < -0.4 is 5.32 Å². The van der Waals surface area contributed by atoms with Crippen molar-refractivity contribution < 1.29 is 4.79 Å². The van der Waals surface area contributed by atoms with Crippen LogP contribution in [0.15, 0.2) is 6.07 Å². The summed E-state index contributed by atoms with van der Waals surface area (Å²) in [5, 5.41) is 3.59. The van der Waals surface area contributed by atoms with Gasteiger partial charge in [0.15, 0.2) is 5.13 Å². The van der Waals surface area contributed by atoms with Gasteiger partial charge in [0.2, 0.25) is 0 Å². The monoisotopic (exact) mass is 278 g/mol. The average Bonchev–Trinajstić information content (AvgIpc) is 2.94. The molecule has 94 valence electrons. The van der Waals surface area contributed by atoms with E-state index in [0.717, 1.165) is 28.3 Å². The highest BCUT2D eigenvalue weighted by Gasteiger charge is 2.19. The molecule has 3 rings (SSSR count). The number of nitrogens with zero attached hydrogens (tertiary/aromatic N) is 1. The fourth-order valence-electron chi connectivity index (χ4n) is 2.13. The summed E-state index contributed by atoms with van der Waals surface area (Å²) in [5.74, 6) is -0.0249. The summed E-state index contributed by atoms with van der Waals surface area (Å²) in [6, 6.07) is 2.04. The van der Waals surface area contributed by atoms with Gasteiger partial charge < -0.3 is 0 Å². The van der Waals surface area contributed by atoms with E-state index in [2.05, 4.69) is 10.3 Å². The minimum Gasteiger partial charge on any atom is -0.297 e. The highest BCUT2D eigenvalue weighted by molar-refractivity contribution is 7.16. The van der Waals surface area contributed by atoms with Crippen molar-refractivity contribution in [3.8, 4) is 0 Å². The highest BCUT2D eigenvalue weighted by atomic mass is 32.1. The van der Waals surface area contributed by atoms with Crippen molar-refractivity contribution in [2.24, 2.45) is 0 Å². The van der Waals surface area contributed by atoms with Crippen LogP contribution in [0.5, 0.6) is 0 Å². The van der Waals surface area contributed by atoms with Crippen LogP contribution in [0, 0.1) is 13.8 Å². The lowest BCUT2D eigenvalue weighted by atomic mass is 10.2. The number of carbonyl (C=O) groups excluding carboxylic acids is 1. The Bertz CT molecular complexity index is 572. The molecule has 0 saturated carbocycles. The lowest BCUT2D eigenvalue weighted by Crippen LogP contribution is -2.09. The summed E-state index contributed by atoms with van der Waals surface area (Å²) in [4.78, 5) is 19.8. The van der Waals surface area contributed by atoms with Crippen molar-refractivity contribution in [1.29, 1.82) is 0 Å². The van der Waals surface area contributed by atoms with Crippen LogP contribution in [0.4, 0.5) is 5.13 Å². The third-order valence-electron chi connectivity index (χ3n) is 3.22. The summed E-state index contributed by atoms with van der Waals surface area (Å²) in [6.07, 6.45) is 3.48. The molecule has 1 aliphatic carbocycles. The Balaban J connectivity index is 1.78. The topological polar surface area (TPSA) is 42.0 Å². The van der Waals surface area contributed by atoms with E-state index in [9.17, 15) is 4.79 Å². The van der Waals surface area contributed by atoms with Crippen LogP contribution in [-0.4, -0.2) is 10.9 Å². The molecule has 18 heavy (non-hydrogen) atoms. The zero-order valence-corrected chi connectivity index (χ0v) is 12.0. The summed E-state index contributed by atoms with van der Waals surface area (Å²) in [6.45, 7) is 3.98. The minimum absolute atomic E-state index is 0.0249. The summed E-state index contributed by atoms with van der Waals surface area (Å²) in [7, 11) is 0. The maximum atomic E-state index is 12.1. The predicted octanol–water partition coefficient (Wildman–Crippen LogP) is 3.56. The Morgan fingerprint density at radius 2 is 2.17 bits per heavy atom. The number of aryl methyl sites for hydroxylation is 4. The number of anilines is 1. The normalized spacial score (nSPS) is 13.7. The minimum atomic E-state index is -0.0249. The number of nitrogens with one attached hydrogen (secondary N) is 1. The van der Waals surface area contributed by atoms with Crippen molar-refractivity contribution in [2.45, 2.75) is 33.1 Å². The van der Waals surface area contributed by atoms with Gasteiger partial charge in [-0.3, -0.25) is 10.1 Å². The molecule has 2 aromatic rings. The summed E-state index contributed by atoms with van der Waals surface area (Å²) < 4.78 is 0. The molecule has 0 aliphatic heterocycles. The zero-order chi connectivity index (χ0) is 12.7. The second-order valence-corrected chi connectivity index (χ2v) is 6.87. The number of aromatic nitrogens is 1. The van der Waals surface area contributed by atoms with Crippen LogP contribution in [0.1, 0.15) is 37.1 Å². The Morgan fingerprint density at radius 1 is 1.33 bits per heavy atom. The molecule has 5 heteroatoms. The van der Waals surface area contributed by atoms with Crippen LogP contribution in [0.2, 0.25) is 0 Å². The van der Waals surface area contributed by atoms with E-state index < -0.39 is 0 Å². The molecule has 1 N–H and O–H groups in total. The Labute approximate surface area is 114 Å². The second-order valence-electron chi connectivity index (χ2n) is 4.53. The first-order chi connectivity index (χ1) is 8.63. The van der Waals surface area contributed by atoms with Gasteiger partial charge in [0.1, 0.15) is 0 Å². The smallest absolute Gasteiger partial charge is 0.267 e. The molecular weight excluding hydrogens is 264 g/mol. The largest absolute Gasteiger partial charge is 0.297 e. The number of thiophene rings is 1. The van der Waals surface area contributed by atoms with E-state index in [0.29, 0.717) is 5.13 Å². The van der Waals surface area contributed by atoms with Gasteiger partial charge in [-0.1, -0.05) is 0 Å². The molecule has 0 spiro atoms. The first-order valence-corrected chi connectivity index (χ1v) is 7.64. The van der Waals surface area contributed by atoms with E-state index in [-0.39, 0.29) is 5.91 Å². The van der Waals surface area contributed by atoms with E-state index in [1.807, 2.05) is 19.9 Å². The van der Waals surface area contributed by atoms with E-state index in [4.69, 9.17) is 0 Å². The molecule has 2 heterocycles. The number of amides is 1. The molecule has 0 fully saturated rings. The van der Waals surface area contributed by atoms with Gasteiger partial charge in [-0.2, -0.15) is 0 Å². The molecule has 3 nitrogen and oxygen atoms in total. The highest BCUT2D eigenvalue weighted by Crippen LogP contribution is 2.31. The molecule has 1 amide bonds. The van der Waals surface area contributed by atoms with Crippen molar-refractivity contribution in [3.05, 3.63) is 32.0 Å². The fourth-order valence-corrected chi connectivity index (χ4v) is 4.08. The molecule has 0 radical (unpaired) electrons. The number of carbonyl (C=O) groups is 1. The van der Waals surface area contributed by atoms with Crippen molar-refractivity contribution in [2.75, 3.05) is 5.32 Å². The van der Waals surface area contributed by atoms with E-state index >= 15 is 0 Å². The van der Waals surface area contributed by atoms with E-state index in [1.54, 1.807) is 11.3 Å². The molecule has 0 aromatic carbocycles. The molecule has 0 bridgehead atoms. The average molecular weight is 278 g/mol. The maximum Gasteiger partial charge on any atom is 0.267 e. The number of rotatable bonds is 2. The van der Waals surface area contributed by atoms with Gasteiger partial charge >= 0.3 is 0 Å². The van der Waals surface area contributed by atoms with Crippen LogP contribution in [0.3, 0.4) is 0 Å². The van der Waals surface area contributed by atoms with E-state index in [1.165, 1.54) is 28.2 Å². The van der Waals surface area contributed by atoms with Gasteiger partial charge in [0, 0.05) is 9.75 Å². The van der Waals surface area contributed by atoms with Gasteiger partial charge in [-0.05, 0) is 44.7 Å². The van der Waals surface area contributed by atoms with Crippen molar-refractivity contribution in [1.82, 2.24) is 4.98 Å². The lowest BCUT2D eigenvalue weighted by Gasteiger charge is -1.98. The summed E-state index contributed by atoms with van der Waals surface area (Å²) >= 11 is 3.15. The van der Waals surface area contributed by atoms with Crippen molar-refractivity contribution in [3.63, 3.8) is 0 Å². The first-order valence-electron chi connectivity index (χ1n) is 6.00. The molecule has 0 saturated heterocycles. The summed E-state index contributed by atoms with van der Waals surface area (Å²) in [5.41, 5.74) is 2.35. The zero-order valence-electron chi connectivity index (χ0n) is 10.4. The Morgan fingerprint density at radius 3 is 2.83 bits per heavy atom. The number of hydrogen-bond acceptors (Lipinski definition) is 4. The van der Waals surface area contributed by atoms with Crippen LogP contribution >= 0.6 is 22.7 Å². The molecule has 0 unspecified atom stereocenters. The van der Waals surface area contributed by atoms with Gasteiger partial charge in [-0.15, -0.1) is 22.7 Å². The Kier molecular flexibility index (Phi) is 2.95. The third-order valence-corrected chi connectivity index (χ3v) is 5.44. The first kappa shape index (κ1) is 11.9. The Hall–Kier alpha value is -1.20. The maximum absolute atomic E-state index is 12.1. The van der Waals surface area contributed by atoms with Crippen LogP contribution in [0.25, 0.3) is 0 Å². The SMILES string of the molecule is Cc1nc(NC(=O)c2cc3c(s2)CCC3)sc1C. The third kappa shape index (κ3) is 2.08. The predicted molar refractivity (Wildman–Crippen MR) is 75.9 cm³/mol. The standard InChI is InChI=1S/C13H14N2OS2/c1-7-8(2)17-13(14-7)15-12(16)11-6-9-4-3-5-10(9)18-11/h6H,3-5H2,1-2H3,(H,14,15,16). The molecule has 1 aliphatic rings. The quantitative estimate of drug-likeness (QED) is 0.912. The molecule has 0 atom stereocenters. The molecular formula is C13H14N2OS2. The second kappa shape index (κ2) is 4.48. The van der Waals surface area contributed by atoms with Crippen LogP contribution in [-0.2, 0) is 12.8 Å². The van der Waals surface area contributed by atoms with Crippen molar-refractivity contribution >= 4 is 33.7 Å². The van der Waals surface area contributed by atoms with Gasteiger partial charge in [-0.25, -0.2) is 4.98 Å². The lowest BCUT2D eigenvalue weighted by molar-refractivity contribution is 0.103. The van der Waals surface area contributed by atoms with Gasteiger partial charge in [0.05, 0.1) is 10.6 Å². The fraction of sp³-hybridized carbons (Fsp3) is 0.385. The van der Waals surface area contributed by atoms with Gasteiger partial charge in [0.25, 0.3) is 5.91 Å². The number of thiazole rings is 1. The number of fused-ring (bicyclic) bond motifs is 1. The molecule has 2 aromatic heterocycles. The number of hydrogen-bond donors (Lipinski definition) is 1.